The van der Waals surface area contributed by atoms with Crippen LogP contribution in [0.1, 0.15) is 64.0 Å². The summed E-state index contributed by atoms with van der Waals surface area (Å²) in [5.74, 6) is 1.32. The fourth-order valence-electron chi connectivity index (χ4n) is 4.30. The lowest BCUT2D eigenvalue weighted by Gasteiger charge is -2.35. The minimum Gasteiger partial charge on any atom is -0.463 e. The second-order valence-corrected chi connectivity index (χ2v) is 8.01. The summed E-state index contributed by atoms with van der Waals surface area (Å²) < 4.78 is 4.87. The predicted octanol–water partition coefficient (Wildman–Crippen LogP) is 3.90. The van der Waals surface area contributed by atoms with Gasteiger partial charge in [0.1, 0.15) is 5.82 Å². The highest BCUT2D eigenvalue weighted by atomic mass is 16.5. The SMILES string of the molecule is CCOC(=O)C=Cc1cnc(N[C@@H]2CCCN(CC3CCCCCC3)C2)cn1. The largest absolute Gasteiger partial charge is 0.463 e. The van der Waals surface area contributed by atoms with Crippen molar-refractivity contribution in [3.8, 4) is 0 Å². The molecule has 1 aliphatic heterocycles. The lowest BCUT2D eigenvalue weighted by Crippen LogP contribution is -2.44. The van der Waals surface area contributed by atoms with Gasteiger partial charge < -0.3 is 15.0 Å². The number of hydrogen-bond acceptors (Lipinski definition) is 6. The summed E-state index contributed by atoms with van der Waals surface area (Å²) in [7, 11) is 0. The van der Waals surface area contributed by atoms with E-state index in [4.69, 9.17) is 4.74 Å². The second-order valence-electron chi connectivity index (χ2n) is 8.01. The van der Waals surface area contributed by atoms with E-state index in [9.17, 15) is 4.79 Å². The molecular weight excluding hydrogens is 352 g/mol. The number of hydrogen-bond donors (Lipinski definition) is 1. The van der Waals surface area contributed by atoms with Crippen LogP contribution in [0.3, 0.4) is 0 Å². The van der Waals surface area contributed by atoms with Crippen molar-refractivity contribution in [2.45, 2.75) is 64.3 Å². The molecular formula is C22H34N4O2. The molecule has 0 bridgehead atoms. The average Bonchev–Trinajstić information content (AvgIpc) is 2.97. The Labute approximate surface area is 168 Å². The Hall–Kier alpha value is -1.95. The van der Waals surface area contributed by atoms with Crippen molar-refractivity contribution in [1.82, 2.24) is 14.9 Å². The number of anilines is 1. The zero-order chi connectivity index (χ0) is 19.6. The molecule has 0 unspecified atom stereocenters. The molecule has 0 spiro atoms. The van der Waals surface area contributed by atoms with Gasteiger partial charge in [0, 0.05) is 25.2 Å². The molecule has 1 N–H and O–H groups in total. The van der Waals surface area contributed by atoms with Crippen molar-refractivity contribution in [2.24, 2.45) is 5.92 Å². The van der Waals surface area contributed by atoms with E-state index in [1.807, 2.05) is 0 Å². The van der Waals surface area contributed by atoms with E-state index in [1.54, 1.807) is 25.4 Å². The minimum atomic E-state index is -0.359. The standard InChI is InChI=1S/C22H34N4O2/c1-2-28-22(27)12-11-19-14-24-21(15-23-19)25-20-10-7-13-26(17-20)16-18-8-5-3-4-6-9-18/h11-12,14-15,18,20H,2-10,13,16-17H2,1H3,(H,24,25)/t20-/m1/s1. The molecule has 1 aliphatic carbocycles. The predicted molar refractivity (Wildman–Crippen MR) is 112 cm³/mol. The van der Waals surface area contributed by atoms with E-state index in [0.29, 0.717) is 18.3 Å². The monoisotopic (exact) mass is 386 g/mol. The molecule has 0 aromatic carbocycles. The number of carbonyl (C=O) groups excluding carboxylic acids is 1. The van der Waals surface area contributed by atoms with Gasteiger partial charge in [-0.1, -0.05) is 25.7 Å². The maximum absolute atomic E-state index is 11.4. The Morgan fingerprint density at radius 2 is 2.00 bits per heavy atom. The smallest absolute Gasteiger partial charge is 0.330 e. The van der Waals surface area contributed by atoms with Gasteiger partial charge >= 0.3 is 5.97 Å². The van der Waals surface area contributed by atoms with Gasteiger partial charge in [-0.2, -0.15) is 0 Å². The second kappa shape index (κ2) is 11.1. The van der Waals surface area contributed by atoms with E-state index in [-0.39, 0.29) is 5.97 Å². The van der Waals surface area contributed by atoms with Crippen LogP contribution in [0.5, 0.6) is 0 Å². The van der Waals surface area contributed by atoms with Crippen LogP contribution in [0, 0.1) is 5.92 Å². The molecule has 1 saturated heterocycles. The van der Waals surface area contributed by atoms with Crippen molar-refractivity contribution < 1.29 is 9.53 Å². The van der Waals surface area contributed by atoms with Gasteiger partial charge in [0.25, 0.3) is 0 Å². The van der Waals surface area contributed by atoms with Gasteiger partial charge in [-0.05, 0) is 51.1 Å². The third kappa shape index (κ3) is 6.89. The molecule has 6 heteroatoms. The Morgan fingerprint density at radius 3 is 2.71 bits per heavy atom. The molecule has 1 aromatic heterocycles. The van der Waals surface area contributed by atoms with Crippen LogP contribution in [-0.4, -0.2) is 53.1 Å². The van der Waals surface area contributed by atoms with E-state index in [2.05, 4.69) is 20.2 Å². The molecule has 2 aliphatic rings. The molecule has 6 nitrogen and oxygen atoms in total. The van der Waals surface area contributed by atoms with Gasteiger partial charge in [0.2, 0.25) is 0 Å². The third-order valence-electron chi connectivity index (χ3n) is 5.70. The van der Waals surface area contributed by atoms with Gasteiger partial charge in [-0.25, -0.2) is 9.78 Å². The first-order valence-electron chi connectivity index (χ1n) is 10.9. The minimum absolute atomic E-state index is 0.359. The normalized spacial score (nSPS) is 22.1. The van der Waals surface area contributed by atoms with Crippen molar-refractivity contribution >= 4 is 17.9 Å². The lowest BCUT2D eigenvalue weighted by molar-refractivity contribution is -0.137. The zero-order valence-electron chi connectivity index (χ0n) is 17.1. The molecule has 0 radical (unpaired) electrons. The molecule has 0 amide bonds. The van der Waals surface area contributed by atoms with E-state index in [1.165, 1.54) is 70.5 Å². The molecule has 28 heavy (non-hydrogen) atoms. The van der Waals surface area contributed by atoms with Gasteiger partial charge in [-0.15, -0.1) is 0 Å². The highest BCUT2D eigenvalue weighted by Crippen LogP contribution is 2.25. The van der Waals surface area contributed by atoms with Crippen molar-refractivity contribution in [3.63, 3.8) is 0 Å². The van der Waals surface area contributed by atoms with Crippen molar-refractivity contribution in [3.05, 3.63) is 24.2 Å². The first-order valence-corrected chi connectivity index (χ1v) is 10.9. The van der Waals surface area contributed by atoms with Gasteiger partial charge in [0.05, 0.1) is 24.7 Å². The van der Waals surface area contributed by atoms with Crippen LogP contribution in [0.25, 0.3) is 6.08 Å². The Bertz CT molecular complexity index is 624. The van der Waals surface area contributed by atoms with Crippen LogP contribution in [-0.2, 0) is 9.53 Å². The lowest BCUT2D eigenvalue weighted by atomic mass is 9.97. The summed E-state index contributed by atoms with van der Waals surface area (Å²) in [6.07, 6.45) is 17.3. The number of aromatic nitrogens is 2. The topological polar surface area (TPSA) is 67.3 Å². The average molecular weight is 387 g/mol. The summed E-state index contributed by atoms with van der Waals surface area (Å²) >= 11 is 0. The number of rotatable bonds is 7. The summed E-state index contributed by atoms with van der Waals surface area (Å²) in [4.78, 5) is 22.8. The number of likely N-dealkylation sites (tertiary alicyclic amines) is 1. The molecule has 2 heterocycles. The summed E-state index contributed by atoms with van der Waals surface area (Å²) in [5, 5.41) is 3.54. The Kier molecular flexibility index (Phi) is 8.27. The molecule has 154 valence electrons. The molecule has 1 saturated carbocycles. The third-order valence-corrected chi connectivity index (χ3v) is 5.70. The quantitative estimate of drug-likeness (QED) is 0.435. The number of nitrogens with zero attached hydrogens (tertiary/aromatic N) is 3. The van der Waals surface area contributed by atoms with Crippen LogP contribution in [0.4, 0.5) is 5.82 Å². The van der Waals surface area contributed by atoms with Crippen LogP contribution < -0.4 is 5.32 Å². The fraction of sp³-hybridized carbons (Fsp3) is 0.682. The number of esters is 1. The highest BCUT2D eigenvalue weighted by Gasteiger charge is 2.23. The first-order chi connectivity index (χ1) is 13.7. The van der Waals surface area contributed by atoms with Crippen molar-refractivity contribution in [1.29, 1.82) is 0 Å². The van der Waals surface area contributed by atoms with E-state index >= 15 is 0 Å². The van der Waals surface area contributed by atoms with Gasteiger partial charge in [0.15, 0.2) is 0 Å². The fourth-order valence-corrected chi connectivity index (χ4v) is 4.30. The van der Waals surface area contributed by atoms with Crippen LogP contribution in [0.15, 0.2) is 18.5 Å². The number of nitrogens with one attached hydrogen (secondary N) is 1. The molecule has 1 atom stereocenters. The zero-order valence-corrected chi connectivity index (χ0v) is 17.1. The molecule has 1 aromatic rings. The van der Waals surface area contributed by atoms with Crippen LogP contribution in [0.2, 0.25) is 0 Å². The first kappa shape index (κ1) is 20.8. The van der Waals surface area contributed by atoms with Crippen LogP contribution >= 0.6 is 0 Å². The summed E-state index contributed by atoms with van der Waals surface area (Å²) in [6, 6.07) is 0.426. The van der Waals surface area contributed by atoms with Crippen molar-refractivity contribution in [2.75, 3.05) is 31.6 Å². The number of carbonyl (C=O) groups is 1. The molecule has 3 rings (SSSR count). The molecule has 2 fully saturated rings. The van der Waals surface area contributed by atoms with E-state index < -0.39 is 0 Å². The summed E-state index contributed by atoms with van der Waals surface area (Å²) in [5.41, 5.74) is 0.650. The highest BCUT2D eigenvalue weighted by molar-refractivity contribution is 5.86. The van der Waals surface area contributed by atoms with Gasteiger partial charge in [-0.3, -0.25) is 4.98 Å². The maximum atomic E-state index is 11.4. The number of ether oxygens (including phenoxy) is 1. The Morgan fingerprint density at radius 1 is 1.18 bits per heavy atom. The number of piperidine rings is 1. The summed E-state index contributed by atoms with van der Waals surface area (Å²) in [6.45, 7) is 5.72. The Balaban J connectivity index is 1.47. The maximum Gasteiger partial charge on any atom is 0.330 e. The van der Waals surface area contributed by atoms with E-state index in [0.717, 1.165) is 18.3 Å².